The van der Waals surface area contributed by atoms with Crippen molar-refractivity contribution in [2.24, 2.45) is 0 Å². The smallest absolute Gasteiger partial charge is 0.243 e. The molecule has 34 heavy (non-hydrogen) atoms. The van der Waals surface area contributed by atoms with E-state index in [4.69, 9.17) is 30.6 Å². The molecule has 0 aliphatic carbocycles. The topological polar surface area (TPSA) is 69.3 Å². The van der Waals surface area contributed by atoms with E-state index >= 15 is 0 Å². The van der Waals surface area contributed by atoms with Crippen LogP contribution in [0.2, 0.25) is 5.02 Å². The Morgan fingerprint density at radius 1 is 1.00 bits per heavy atom. The second-order valence-corrected chi connectivity index (χ2v) is 9.15. The van der Waals surface area contributed by atoms with Crippen LogP contribution < -0.4 is 15.0 Å². The van der Waals surface area contributed by atoms with Gasteiger partial charge in [0, 0.05) is 30.5 Å². The van der Waals surface area contributed by atoms with E-state index in [1.54, 1.807) is 12.1 Å². The van der Waals surface area contributed by atoms with Gasteiger partial charge >= 0.3 is 0 Å². The van der Waals surface area contributed by atoms with Crippen molar-refractivity contribution < 1.29 is 23.8 Å². The third-order valence-corrected chi connectivity index (χ3v) is 6.36. The van der Waals surface area contributed by atoms with Gasteiger partial charge in [-0.25, -0.2) is 10.3 Å². The van der Waals surface area contributed by atoms with Gasteiger partial charge in [0.15, 0.2) is 6.29 Å². The number of likely N-dealkylation sites (tertiary alicyclic amines) is 1. The fourth-order valence-electron chi connectivity index (χ4n) is 4.24. The Morgan fingerprint density at radius 2 is 1.74 bits per heavy atom. The average Bonchev–Trinajstić information content (AvgIpc) is 3.32. The quantitative estimate of drug-likeness (QED) is 0.431. The Labute approximate surface area is 206 Å². The fraction of sp³-hybridized carbons (Fsp3) is 0.500. The van der Waals surface area contributed by atoms with Gasteiger partial charge in [0.2, 0.25) is 5.91 Å². The molecule has 2 saturated heterocycles. The molecule has 7 nitrogen and oxygen atoms in total. The van der Waals surface area contributed by atoms with Crippen LogP contribution in [-0.4, -0.2) is 49.4 Å². The summed E-state index contributed by atoms with van der Waals surface area (Å²) in [7, 11) is 0. The van der Waals surface area contributed by atoms with E-state index in [1.165, 1.54) is 0 Å². The van der Waals surface area contributed by atoms with Gasteiger partial charge in [0.05, 0.1) is 0 Å². The summed E-state index contributed by atoms with van der Waals surface area (Å²) in [5.41, 5.74) is 2.53. The maximum Gasteiger partial charge on any atom is 0.243 e. The molecular weight excluding hydrogens is 456 g/mol. The SMILES string of the molecule is O=C(CCCN1CCCC1COc1ccc(Oc2ccc(Cl)cc2)cc1)NOC1CCCCO1. The maximum absolute atomic E-state index is 12.1. The molecule has 2 aromatic rings. The first-order valence-electron chi connectivity index (χ1n) is 12.1. The van der Waals surface area contributed by atoms with Gasteiger partial charge in [-0.3, -0.25) is 9.69 Å². The largest absolute Gasteiger partial charge is 0.492 e. The number of carbonyl (C=O) groups excluding carboxylic acids is 1. The molecule has 2 aliphatic rings. The lowest BCUT2D eigenvalue weighted by Crippen LogP contribution is -2.36. The predicted molar refractivity (Wildman–Crippen MR) is 130 cm³/mol. The summed E-state index contributed by atoms with van der Waals surface area (Å²) in [4.78, 5) is 19.8. The highest BCUT2D eigenvalue weighted by molar-refractivity contribution is 6.30. The van der Waals surface area contributed by atoms with Gasteiger partial charge in [-0.05, 0) is 93.7 Å². The minimum atomic E-state index is -0.309. The van der Waals surface area contributed by atoms with Crippen molar-refractivity contribution in [3.63, 3.8) is 0 Å². The van der Waals surface area contributed by atoms with E-state index in [0.717, 1.165) is 68.9 Å². The van der Waals surface area contributed by atoms with Crippen LogP contribution >= 0.6 is 11.6 Å². The zero-order chi connectivity index (χ0) is 23.6. The molecule has 0 bridgehead atoms. The number of nitrogens with zero attached hydrogens (tertiary/aromatic N) is 1. The molecule has 1 N–H and O–H groups in total. The summed E-state index contributed by atoms with van der Waals surface area (Å²) in [5.74, 6) is 2.20. The lowest BCUT2D eigenvalue weighted by Gasteiger charge is -2.24. The van der Waals surface area contributed by atoms with Gasteiger partial charge in [-0.1, -0.05) is 11.6 Å². The summed E-state index contributed by atoms with van der Waals surface area (Å²) < 4.78 is 17.3. The normalized spacial score (nSPS) is 20.7. The second-order valence-electron chi connectivity index (χ2n) is 8.71. The highest BCUT2D eigenvalue weighted by Gasteiger charge is 2.25. The first-order chi connectivity index (χ1) is 16.7. The molecule has 2 aliphatic heterocycles. The van der Waals surface area contributed by atoms with Crippen molar-refractivity contribution in [1.29, 1.82) is 0 Å². The van der Waals surface area contributed by atoms with Crippen molar-refractivity contribution >= 4 is 17.5 Å². The Morgan fingerprint density at radius 3 is 2.47 bits per heavy atom. The summed E-state index contributed by atoms with van der Waals surface area (Å²) in [6, 6.07) is 15.3. The Balaban J connectivity index is 1.14. The molecule has 2 aromatic carbocycles. The zero-order valence-electron chi connectivity index (χ0n) is 19.4. The molecule has 0 aromatic heterocycles. The molecule has 2 unspecified atom stereocenters. The van der Waals surface area contributed by atoms with Crippen molar-refractivity contribution in [3.05, 3.63) is 53.6 Å². The summed E-state index contributed by atoms with van der Waals surface area (Å²) in [6.07, 6.45) is 6.12. The van der Waals surface area contributed by atoms with Crippen molar-refractivity contribution in [1.82, 2.24) is 10.4 Å². The predicted octanol–water partition coefficient (Wildman–Crippen LogP) is 5.33. The lowest BCUT2D eigenvalue weighted by atomic mass is 10.2. The molecule has 184 valence electrons. The van der Waals surface area contributed by atoms with E-state index in [9.17, 15) is 4.79 Å². The van der Waals surface area contributed by atoms with Crippen molar-refractivity contribution in [2.45, 2.75) is 57.3 Å². The number of benzene rings is 2. The Kier molecular flexibility index (Phi) is 9.44. The number of amides is 1. The van der Waals surface area contributed by atoms with Crippen LogP contribution in [0.15, 0.2) is 48.5 Å². The summed E-state index contributed by atoms with van der Waals surface area (Å²) >= 11 is 5.91. The van der Waals surface area contributed by atoms with E-state index in [0.29, 0.717) is 30.7 Å². The van der Waals surface area contributed by atoms with Gasteiger partial charge in [-0.2, -0.15) is 0 Å². The fourth-order valence-corrected chi connectivity index (χ4v) is 4.37. The third-order valence-electron chi connectivity index (χ3n) is 6.11. The third kappa shape index (κ3) is 7.87. The Bertz CT molecular complexity index is 887. The minimum absolute atomic E-state index is 0.0953. The monoisotopic (exact) mass is 488 g/mol. The number of carbonyl (C=O) groups is 1. The molecule has 2 atom stereocenters. The molecule has 0 radical (unpaired) electrons. The van der Waals surface area contributed by atoms with E-state index < -0.39 is 0 Å². The van der Waals surface area contributed by atoms with E-state index in [1.807, 2.05) is 36.4 Å². The average molecular weight is 489 g/mol. The number of hydrogen-bond donors (Lipinski definition) is 1. The first kappa shape index (κ1) is 24.8. The standard InChI is InChI=1S/C26H33ClN2O5/c27-20-8-10-23(11-9-20)33-24-14-12-22(13-15-24)32-19-21-5-3-16-29(21)17-4-6-25(30)28-34-26-7-1-2-18-31-26/h8-15,21,26H,1-7,16-19H2,(H,28,30). The summed E-state index contributed by atoms with van der Waals surface area (Å²) in [5, 5.41) is 0.680. The van der Waals surface area contributed by atoms with Gasteiger partial charge in [0.25, 0.3) is 0 Å². The van der Waals surface area contributed by atoms with Crippen LogP contribution in [0.5, 0.6) is 17.2 Å². The first-order valence-corrected chi connectivity index (χ1v) is 12.5. The molecule has 1 amide bonds. The number of halogens is 1. The molecule has 4 rings (SSSR count). The van der Waals surface area contributed by atoms with Gasteiger partial charge in [0.1, 0.15) is 23.9 Å². The summed E-state index contributed by atoms with van der Waals surface area (Å²) in [6.45, 7) is 3.23. The molecular formula is C26H33ClN2O5. The zero-order valence-corrected chi connectivity index (χ0v) is 20.2. The minimum Gasteiger partial charge on any atom is -0.492 e. The van der Waals surface area contributed by atoms with Gasteiger partial charge < -0.3 is 14.2 Å². The van der Waals surface area contributed by atoms with Crippen molar-refractivity contribution in [2.75, 3.05) is 26.3 Å². The molecule has 8 heteroatoms. The van der Waals surface area contributed by atoms with Crippen molar-refractivity contribution in [3.8, 4) is 17.2 Å². The number of hydrogen-bond acceptors (Lipinski definition) is 6. The highest BCUT2D eigenvalue weighted by Crippen LogP contribution is 2.26. The molecule has 2 heterocycles. The lowest BCUT2D eigenvalue weighted by molar-refractivity contribution is -0.200. The number of ether oxygens (including phenoxy) is 3. The van der Waals surface area contributed by atoms with Crippen LogP contribution in [0.25, 0.3) is 0 Å². The highest BCUT2D eigenvalue weighted by atomic mass is 35.5. The number of nitrogens with one attached hydrogen (secondary N) is 1. The van der Waals surface area contributed by atoms with E-state index in [2.05, 4.69) is 10.4 Å². The van der Waals surface area contributed by atoms with Crippen LogP contribution in [-0.2, 0) is 14.4 Å². The molecule has 2 fully saturated rings. The number of hydroxylamine groups is 1. The van der Waals surface area contributed by atoms with Crippen LogP contribution in [0.4, 0.5) is 0 Å². The molecule has 0 saturated carbocycles. The number of rotatable bonds is 11. The van der Waals surface area contributed by atoms with Crippen LogP contribution in [0.3, 0.4) is 0 Å². The van der Waals surface area contributed by atoms with Crippen LogP contribution in [0, 0.1) is 0 Å². The van der Waals surface area contributed by atoms with Gasteiger partial charge in [-0.15, -0.1) is 0 Å². The second kappa shape index (κ2) is 13.0. The Hall–Kier alpha value is -2.32. The van der Waals surface area contributed by atoms with Crippen LogP contribution in [0.1, 0.15) is 44.9 Å². The molecule has 0 spiro atoms. The maximum atomic E-state index is 12.1. The van der Waals surface area contributed by atoms with E-state index in [-0.39, 0.29) is 12.2 Å².